The van der Waals surface area contributed by atoms with Gasteiger partial charge in [0.25, 0.3) is 0 Å². The Morgan fingerprint density at radius 2 is 2.09 bits per heavy atom. The molecule has 2 heterocycles. The highest BCUT2D eigenvalue weighted by atomic mass is 79.9. The molecule has 0 spiro atoms. The molecule has 0 bridgehead atoms. The molecular weight excluding hydrogens is 382 g/mol. The van der Waals surface area contributed by atoms with Gasteiger partial charge in [-0.15, -0.1) is 16.4 Å². The topological polar surface area (TPSA) is 49.9 Å². The first-order valence-electron chi connectivity index (χ1n) is 6.61. The van der Waals surface area contributed by atoms with E-state index in [0.717, 1.165) is 26.2 Å². The molecule has 0 radical (unpaired) electrons. The quantitative estimate of drug-likeness (QED) is 0.772. The van der Waals surface area contributed by atoms with E-state index in [1.165, 1.54) is 11.3 Å². The van der Waals surface area contributed by atoms with Gasteiger partial charge >= 0.3 is 0 Å². The number of hydrogen-bond donors (Lipinski definition) is 1. The van der Waals surface area contributed by atoms with Crippen LogP contribution in [0.3, 0.4) is 0 Å². The molecule has 0 unspecified atom stereocenters. The number of halogens is 1. The van der Waals surface area contributed by atoms with Crippen molar-refractivity contribution in [3.05, 3.63) is 48.7 Å². The number of aromatic nitrogens is 1. The highest BCUT2D eigenvalue weighted by Crippen LogP contribution is 2.29. The van der Waals surface area contributed by atoms with E-state index < -0.39 is 0 Å². The Hall–Kier alpha value is -1.57. The molecule has 4 nitrogen and oxygen atoms in total. The molecule has 22 heavy (non-hydrogen) atoms. The van der Waals surface area contributed by atoms with E-state index in [9.17, 15) is 5.11 Å². The van der Waals surface area contributed by atoms with Crippen molar-refractivity contribution in [2.45, 2.75) is 13.5 Å². The van der Waals surface area contributed by atoms with Gasteiger partial charge in [-0.05, 0) is 37.4 Å². The van der Waals surface area contributed by atoms with Gasteiger partial charge in [0.2, 0.25) is 5.88 Å². The van der Waals surface area contributed by atoms with Gasteiger partial charge in [0.05, 0.1) is 11.1 Å². The van der Waals surface area contributed by atoms with Crippen LogP contribution in [0.4, 0.5) is 0 Å². The van der Waals surface area contributed by atoms with Gasteiger partial charge in [-0.1, -0.05) is 28.1 Å². The second kappa shape index (κ2) is 6.28. The third kappa shape index (κ3) is 2.84. The molecule has 2 aromatic rings. The maximum absolute atomic E-state index is 10.2. The fourth-order valence-corrected chi connectivity index (χ4v) is 3.78. The van der Waals surface area contributed by atoms with Crippen molar-refractivity contribution >= 4 is 57.5 Å². The second-order valence-corrected chi connectivity index (χ2v) is 7.19. The third-order valence-corrected chi connectivity index (χ3v) is 5.16. The highest BCUT2D eigenvalue weighted by Gasteiger charge is 2.16. The molecule has 7 heteroatoms. The molecule has 0 fully saturated rings. The van der Waals surface area contributed by atoms with Crippen LogP contribution in [-0.4, -0.2) is 21.6 Å². The van der Waals surface area contributed by atoms with Crippen molar-refractivity contribution in [3.63, 3.8) is 0 Å². The molecule has 1 N–H and O–H groups in total. The number of hydrogen-bond acceptors (Lipinski definition) is 5. The Labute approximate surface area is 145 Å². The van der Waals surface area contributed by atoms with Crippen LogP contribution in [-0.2, 0) is 6.54 Å². The molecule has 1 aliphatic heterocycles. The van der Waals surface area contributed by atoms with Crippen molar-refractivity contribution < 1.29 is 5.11 Å². The molecule has 0 atom stereocenters. The van der Waals surface area contributed by atoms with Crippen LogP contribution in [0.15, 0.2) is 44.5 Å². The molecule has 1 aromatic carbocycles. The van der Waals surface area contributed by atoms with Crippen LogP contribution >= 0.6 is 39.5 Å². The van der Waals surface area contributed by atoms with Gasteiger partial charge in [0.15, 0.2) is 3.95 Å². The largest absolute Gasteiger partial charge is 0.493 e. The lowest BCUT2D eigenvalue weighted by Gasteiger charge is -2.03. The predicted molar refractivity (Wildman–Crippen MR) is 97.6 cm³/mol. The summed E-state index contributed by atoms with van der Waals surface area (Å²) in [7, 11) is 0. The molecule has 112 valence electrons. The minimum atomic E-state index is 0.195. The van der Waals surface area contributed by atoms with Crippen LogP contribution in [0.5, 0.6) is 5.88 Å². The summed E-state index contributed by atoms with van der Waals surface area (Å²) in [4.78, 5) is 0.722. The van der Waals surface area contributed by atoms with Crippen LogP contribution in [0, 0.1) is 3.95 Å². The van der Waals surface area contributed by atoms with Gasteiger partial charge in [-0.3, -0.25) is 4.57 Å². The lowest BCUT2D eigenvalue weighted by Crippen LogP contribution is -2.02. The standard InChI is InChI=1S/C15H12BrN3OS2/c1-2-19-14(20)12(22-15(19)21)7-10-8-17-18-13(10)9-3-5-11(16)6-4-9/h3-8,20H,2H2,1H3. The molecule has 1 aromatic heterocycles. The van der Waals surface area contributed by atoms with Crippen molar-refractivity contribution in [2.24, 2.45) is 10.2 Å². The Morgan fingerprint density at radius 1 is 1.36 bits per heavy atom. The summed E-state index contributed by atoms with van der Waals surface area (Å²) in [5.41, 5.74) is 2.62. The Kier molecular flexibility index (Phi) is 4.37. The number of benzene rings is 1. The van der Waals surface area contributed by atoms with E-state index in [1.54, 1.807) is 10.8 Å². The van der Waals surface area contributed by atoms with Gasteiger partial charge in [-0.2, -0.15) is 5.10 Å². The smallest absolute Gasteiger partial charge is 0.210 e. The van der Waals surface area contributed by atoms with E-state index >= 15 is 0 Å². The van der Waals surface area contributed by atoms with Crippen molar-refractivity contribution in [2.75, 3.05) is 0 Å². The highest BCUT2D eigenvalue weighted by molar-refractivity contribution is 9.10. The van der Waals surface area contributed by atoms with Gasteiger partial charge < -0.3 is 5.11 Å². The molecule has 0 saturated heterocycles. The van der Waals surface area contributed by atoms with Crippen LogP contribution < -0.4 is 0 Å². The lowest BCUT2D eigenvalue weighted by atomic mass is 10.0. The fourth-order valence-electron chi connectivity index (χ4n) is 2.13. The van der Waals surface area contributed by atoms with Crippen LogP contribution in [0.2, 0.25) is 0 Å². The minimum absolute atomic E-state index is 0.195. The summed E-state index contributed by atoms with van der Waals surface area (Å²) < 4.78 is 3.37. The Morgan fingerprint density at radius 3 is 2.73 bits per heavy atom. The van der Waals surface area contributed by atoms with Crippen LogP contribution in [0.25, 0.3) is 6.08 Å². The normalized spacial score (nSPS) is 15.5. The average Bonchev–Trinajstić information content (AvgIpc) is 3.06. The predicted octanol–water partition coefficient (Wildman–Crippen LogP) is 4.64. The first-order valence-corrected chi connectivity index (χ1v) is 8.63. The Balaban J connectivity index is 2.01. The van der Waals surface area contributed by atoms with E-state index in [1.807, 2.05) is 37.3 Å². The molecular formula is C15H12BrN3OS2. The van der Waals surface area contributed by atoms with E-state index in [0.29, 0.717) is 10.5 Å². The number of thiazole rings is 1. The molecule has 0 amide bonds. The van der Waals surface area contributed by atoms with Gasteiger partial charge in [0, 0.05) is 22.2 Å². The van der Waals surface area contributed by atoms with Gasteiger partial charge in [-0.25, -0.2) is 0 Å². The minimum Gasteiger partial charge on any atom is -0.493 e. The first kappa shape index (κ1) is 15.3. The maximum atomic E-state index is 10.2. The third-order valence-electron chi connectivity index (χ3n) is 3.24. The maximum Gasteiger partial charge on any atom is 0.210 e. The number of allylic oxidation sites excluding steroid dienone is 1. The second-order valence-electron chi connectivity index (χ2n) is 4.60. The zero-order valence-corrected chi connectivity index (χ0v) is 14.9. The van der Waals surface area contributed by atoms with E-state index in [-0.39, 0.29) is 5.88 Å². The summed E-state index contributed by atoms with van der Waals surface area (Å²) in [5, 5.41) is 18.4. The van der Waals surface area contributed by atoms with Crippen molar-refractivity contribution in [1.82, 2.24) is 4.57 Å². The fraction of sp³-hybridized carbons (Fsp3) is 0.133. The summed E-state index contributed by atoms with van der Waals surface area (Å²) >= 11 is 10.1. The monoisotopic (exact) mass is 393 g/mol. The molecule has 1 aliphatic rings. The summed E-state index contributed by atoms with van der Waals surface area (Å²) in [6.45, 7) is 2.59. The average molecular weight is 394 g/mol. The summed E-state index contributed by atoms with van der Waals surface area (Å²) in [6, 6.07) is 7.88. The van der Waals surface area contributed by atoms with Crippen LogP contribution in [0.1, 0.15) is 17.4 Å². The van der Waals surface area contributed by atoms with Crippen molar-refractivity contribution in [3.8, 4) is 5.88 Å². The first-order chi connectivity index (χ1) is 10.6. The number of nitrogens with zero attached hydrogens (tertiary/aromatic N) is 3. The zero-order chi connectivity index (χ0) is 15.7. The summed E-state index contributed by atoms with van der Waals surface area (Å²) in [5.74, 6) is 0.195. The zero-order valence-electron chi connectivity index (χ0n) is 11.7. The SMILES string of the molecule is CCn1c(O)c(C=C2C=NN=C2c2ccc(Br)cc2)sc1=S. The van der Waals surface area contributed by atoms with Crippen molar-refractivity contribution in [1.29, 1.82) is 0 Å². The summed E-state index contributed by atoms with van der Waals surface area (Å²) in [6.07, 6.45) is 3.56. The molecule has 3 rings (SSSR count). The lowest BCUT2D eigenvalue weighted by molar-refractivity contribution is 0.419. The number of rotatable bonds is 3. The molecule has 0 aliphatic carbocycles. The molecule has 0 saturated carbocycles. The Bertz CT molecular complexity index is 860. The van der Waals surface area contributed by atoms with E-state index in [4.69, 9.17) is 12.2 Å². The van der Waals surface area contributed by atoms with E-state index in [2.05, 4.69) is 26.1 Å². The van der Waals surface area contributed by atoms with Gasteiger partial charge in [0.1, 0.15) is 5.71 Å². The number of aromatic hydroxyl groups is 1.